The van der Waals surface area contributed by atoms with Crippen molar-refractivity contribution in [2.24, 2.45) is 0 Å². The van der Waals surface area contributed by atoms with Gasteiger partial charge in [0.25, 0.3) is 0 Å². The number of nitrogens with one attached hydrogen (secondary N) is 1. The molecule has 2 N–H and O–H groups in total. The molecule has 0 rings (SSSR count). The molecule has 3 unspecified atom stereocenters. The second-order valence-electron chi connectivity index (χ2n) is 25.0. The summed E-state index contributed by atoms with van der Waals surface area (Å²) in [4.78, 5) is 37.9. The topological polar surface area (TPSA) is 111 Å². The Morgan fingerprint density at radius 3 is 1.15 bits per heavy atom. The van der Waals surface area contributed by atoms with Crippen molar-refractivity contribution in [3.8, 4) is 0 Å². The molecule has 82 heavy (non-hydrogen) atoms. The van der Waals surface area contributed by atoms with E-state index in [0.29, 0.717) is 17.4 Å². The lowest BCUT2D eigenvalue weighted by Gasteiger charge is -2.27. The van der Waals surface area contributed by atoms with Crippen LogP contribution in [0.3, 0.4) is 0 Å². The van der Waals surface area contributed by atoms with Gasteiger partial charge in [-0.25, -0.2) is 4.57 Å². The van der Waals surface area contributed by atoms with Crippen molar-refractivity contribution >= 4 is 19.7 Å². The van der Waals surface area contributed by atoms with E-state index in [2.05, 4.69) is 74.7 Å². The van der Waals surface area contributed by atoms with Crippen LogP contribution >= 0.6 is 7.82 Å². The Balaban J connectivity index is 5.08. The Morgan fingerprint density at radius 1 is 0.427 bits per heavy atom. The lowest BCUT2D eigenvalue weighted by Crippen LogP contribution is -2.47. The zero-order valence-corrected chi connectivity index (χ0v) is 55.9. The molecule has 0 aromatic carbocycles. The van der Waals surface area contributed by atoms with Gasteiger partial charge in [0.05, 0.1) is 33.8 Å². The maximum Gasteiger partial charge on any atom is 0.472 e. The minimum absolute atomic E-state index is 0.0373. The fraction of sp³-hybridized carbons (Fsp3) is 0.833. The van der Waals surface area contributed by atoms with Gasteiger partial charge in [0, 0.05) is 12.8 Å². The Bertz CT molecular complexity index is 1590. The van der Waals surface area contributed by atoms with Crippen LogP contribution in [0, 0.1) is 0 Å². The number of phosphoric ester groups is 1. The minimum atomic E-state index is -4.46. The van der Waals surface area contributed by atoms with Crippen LogP contribution in [0.5, 0.6) is 0 Å². The first kappa shape index (κ1) is 79.7. The largest absolute Gasteiger partial charge is 0.472 e. The van der Waals surface area contributed by atoms with E-state index in [9.17, 15) is 19.0 Å². The van der Waals surface area contributed by atoms with E-state index in [0.717, 1.165) is 83.5 Å². The molecule has 480 valence electrons. The van der Waals surface area contributed by atoms with Crippen LogP contribution in [-0.2, 0) is 27.9 Å². The quantitative estimate of drug-likeness (QED) is 0.0205. The number of unbranched alkanes of at least 4 members (excludes halogenated alkanes) is 40. The summed E-state index contributed by atoms with van der Waals surface area (Å²) in [7, 11) is 1.49. The van der Waals surface area contributed by atoms with E-state index in [1.165, 1.54) is 218 Å². The highest BCUT2D eigenvalue weighted by Gasteiger charge is 2.30. The first-order valence-corrected chi connectivity index (χ1v) is 36.6. The molecule has 0 heterocycles. The average molecular weight is 1170 g/mol. The van der Waals surface area contributed by atoms with Gasteiger partial charge < -0.3 is 19.4 Å². The number of carbonyl (C=O) groups is 2. The number of esters is 1. The third-order valence-corrected chi connectivity index (χ3v) is 16.7. The normalized spacial score (nSPS) is 13.9. The number of amides is 1. The van der Waals surface area contributed by atoms with Crippen LogP contribution in [-0.4, -0.2) is 74.3 Å². The molecule has 0 fully saturated rings. The molecular weight excluding hydrogens is 1040 g/mol. The highest BCUT2D eigenvalue weighted by atomic mass is 31.2. The number of carbonyl (C=O) groups excluding carboxylic acids is 2. The first-order valence-electron chi connectivity index (χ1n) is 35.1. The highest BCUT2D eigenvalue weighted by molar-refractivity contribution is 7.47. The van der Waals surface area contributed by atoms with Crippen molar-refractivity contribution in [3.63, 3.8) is 0 Å². The summed E-state index contributed by atoms with van der Waals surface area (Å²) in [5.74, 6) is -0.508. The number of hydrogen-bond acceptors (Lipinski definition) is 6. The molecule has 0 aliphatic rings. The van der Waals surface area contributed by atoms with Crippen molar-refractivity contribution in [1.29, 1.82) is 0 Å². The van der Waals surface area contributed by atoms with E-state index in [4.69, 9.17) is 13.8 Å². The van der Waals surface area contributed by atoms with Crippen LogP contribution < -0.4 is 5.32 Å². The molecule has 0 spiro atoms. The van der Waals surface area contributed by atoms with E-state index < -0.39 is 20.0 Å². The van der Waals surface area contributed by atoms with Crippen LogP contribution in [0.1, 0.15) is 335 Å². The summed E-state index contributed by atoms with van der Waals surface area (Å²) in [6.45, 7) is 7.01. The maximum absolute atomic E-state index is 13.6. The Kier molecular flexibility index (Phi) is 60.1. The number of phosphoric acid groups is 1. The molecule has 10 heteroatoms. The third-order valence-electron chi connectivity index (χ3n) is 15.7. The third kappa shape index (κ3) is 62.2. The number of ether oxygens (including phenoxy) is 1. The highest BCUT2D eigenvalue weighted by Crippen LogP contribution is 2.43. The molecule has 3 atom stereocenters. The van der Waals surface area contributed by atoms with Gasteiger partial charge in [-0.1, -0.05) is 287 Å². The van der Waals surface area contributed by atoms with Crippen molar-refractivity contribution in [2.45, 2.75) is 348 Å². The number of quaternary nitrogens is 1. The SMILES string of the molecule is CCCCC/C=C\C/C=C\C/C=C\CCCCCCCCC(=O)NC(COP(=O)(O)OCC[N+](C)(C)C)C(/C=C\CCCCCCCCCCCC)OC(=O)CCCCCCCCCCCCCCCCC/C=C/CCCCCCCC. The molecule has 0 aromatic rings. The number of allylic oxidation sites excluding steroid dienone is 9. The van der Waals surface area contributed by atoms with Gasteiger partial charge in [-0.2, -0.15) is 0 Å². The van der Waals surface area contributed by atoms with Crippen molar-refractivity contribution in [1.82, 2.24) is 5.32 Å². The molecule has 0 saturated heterocycles. The standard InChI is InChI=1S/C72H135N2O7P/c1-7-10-13-16-19-22-25-28-30-32-34-35-36-37-38-39-41-43-45-47-50-53-56-59-62-65-72(76)81-70(63-60-57-54-51-48-27-24-21-18-15-12-9-3)69(68-80-82(77,78)79-67-66-74(4,5)6)73-71(75)64-61-58-55-52-49-46-44-42-40-33-31-29-26-23-20-17-14-11-8-2/h20,23,28-31,40,42,60,63,69-70H,7-19,21-22,24-27,32-39,41,43-59,61-62,64-68H2,1-6H3,(H-,73,75,77,78)/p+1/b23-20-,30-28+,31-29-,42-40-,63-60-. The van der Waals surface area contributed by atoms with Gasteiger partial charge >= 0.3 is 13.8 Å². The summed E-state index contributed by atoms with van der Waals surface area (Å²) in [5, 5.41) is 3.06. The summed E-state index contributed by atoms with van der Waals surface area (Å²) in [5.41, 5.74) is 0. The molecule has 1 amide bonds. The second kappa shape index (κ2) is 61.8. The number of rotatable bonds is 64. The Hall–Kier alpha value is -2.29. The van der Waals surface area contributed by atoms with Gasteiger partial charge in [0.2, 0.25) is 5.91 Å². The van der Waals surface area contributed by atoms with Crippen LogP contribution in [0.15, 0.2) is 60.8 Å². The molecule has 0 aromatic heterocycles. The molecule has 0 radical (unpaired) electrons. The summed E-state index contributed by atoms with van der Waals surface area (Å²) < 4.78 is 30.8. The molecule has 9 nitrogen and oxygen atoms in total. The van der Waals surface area contributed by atoms with Crippen molar-refractivity contribution in [2.75, 3.05) is 40.9 Å². The van der Waals surface area contributed by atoms with Gasteiger partial charge in [-0.15, -0.1) is 0 Å². The first-order chi connectivity index (χ1) is 39.9. The van der Waals surface area contributed by atoms with E-state index in [-0.39, 0.29) is 31.5 Å². The van der Waals surface area contributed by atoms with Crippen molar-refractivity contribution in [3.05, 3.63) is 60.8 Å². The van der Waals surface area contributed by atoms with Gasteiger partial charge in [-0.05, 0) is 96.0 Å². The van der Waals surface area contributed by atoms with Crippen LogP contribution in [0.25, 0.3) is 0 Å². The molecule has 0 saturated carbocycles. The molecule has 0 aliphatic carbocycles. The fourth-order valence-electron chi connectivity index (χ4n) is 10.2. The predicted octanol–water partition coefficient (Wildman–Crippen LogP) is 22.2. The van der Waals surface area contributed by atoms with Crippen molar-refractivity contribution < 1.29 is 37.3 Å². The summed E-state index contributed by atoms with van der Waals surface area (Å²) in [6.07, 6.45) is 79.4. The van der Waals surface area contributed by atoms with E-state index in [1.54, 1.807) is 0 Å². The average Bonchev–Trinajstić information content (AvgIpc) is 3.47. The maximum atomic E-state index is 13.6. The Morgan fingerprint density at radius 2 is 0.744 bits per heavy atom. The zero-order chi connectivity index (χ0) is 60.0. The number of hydrogen-bond donors (Lipinski definition) is 2. The van der Waals surface area contributed by atoms with Crippen LogP contribution in [0.4, 0.5) is 0 Å². The second-order valence-corrected chi connectivity index (χ2v) is 26.5. The smallest absolute Gasteiger partial charge is 0.456 e. The molecular formula is C72H136N2O7P+. The van der Waals surface area contributed by atoms with Gasteiger partial charge in [0.15, 0.2) is 0 Å². The van der Waals surface area contributed by atoms with E-state index in [1.807, 2.05) is 33.3 Å². The van der Waals surface area contributed by atoms with Gasteiger partial charge in [-0.3, -0.25) is 18.6 Å². The zero-order valence-electron chi connectivity index (χ0n) is 55.0. The summed E-state index contributed by atoms with van der Waals surface area (Å²) in [6, 6.07) is -0.856. The monoisotopic (exact) mass is 1170 g/mol. The number of likely N-dealkylation sites (N-methyl/N-ethyl adjacent to an activating group) is 1. The molecule has 0 bridgehead atoms. The van der Waals surface area contributed by atoms with Crippen LogP contribution in [0.2, 0.25) is 0 Å². The molecule has 0 aliphatic heterocycles. The minimum Gasteiger partial charge on any atom is -0.456 e. The van der Waals surface area contributed by atoms with E-state index >= 15 is 0 Å². The predicted molar refractivity (Wildman–Crippen MR) is 355 cm³/mol. The number of nitrogens with zero attached hydrogens (tertiary/aromatic N) is 1. The Labute approximate surface area is 509 Å². The lowest BCUT2D eigenvalue weighted by molar-refractivity contribution is -0.870. The fourth-order valence-corrected chi connectivity index (χ4v) is 11.0. The van der Waals surface area contributed by atoms with Gasteiger partial charge in [0.1, 0.15) is 19.3 Å². The lowest BCUT2D eigenvalue weighted by atomic mass is 10.0. The summed E-state index contributed by atoms with van der Waals surface area (Å²) >= 11 is 0.